The number of aliphatic hydroxyl groups is 5. The molecule has 0 aromatic carbocycles. The Labute approximate surface area is 345 Å². The number of ketones is 2. The molecule has 0 saturated heterocycles. The maximum absolute atomic E-state index is 13.2. The zero-order chi connectivity index (χ0) is 44.0. The number of aliphatic hydroxyl groups excluding tert-OH is 5. The SMILES string of the molecule is CCC(O)C(O)C(O)C(O)COC(=O)OC1CC(C)(C)C(/C=C/C(C)=C/C=C/C(C)=C/C=C/C=C(C)/C=C/C=C(C)/C=C/C2=C(C)C(=O)C(O)CC2(C)C)=C(C)C1=O. The molecule has 6 unspecified atom stereocenters. The molecule has 10 nitrogen and oxygen atoms in total. The quantitative estimate of drug-likeness (QED) is 0.0719. The minimum atomic E-state index is -1.74. The lowest BCUT2D eigenvalue weighted by atomic mass is 9.71. The molecule has 0 aromatic rings. The first-order valence-electron chi connectivity index (χ1n) is 19.8. The van der Waals surface area contributed by atoms with Crippen molar-refractivity contribution in [3.05, 3.63) is 130 Å². The Morgan fingerprint density at radius 2 is 1.09 bits per heavy atom. The minimum Gasteiger partial charge on any atom is -0.431 e. The second-order valence-electron chi connectivity index (χ2n) is 16.6. The molecule has 0 amide bonds. The van der Waals surface area contributed by atoms with Crippen LogP contribution in [0, 0.1) is 10.8 Å². The zero-order valence-corrected chi connectivity index (χ0v) is 36.2. The largest absolute Gasteiger partial charge is 0.509 e. The average Bonchev–Trinajstić information content (AvgIpc) is 3.15. The molecule has 0 spiro atoms. The third kappa shape index (κ3) is 15.1. The third-order valence-corrected chi connectivity index (χ3v) is 10.5. The van der Waals surface area contributed by atoms with Crippen molar-refractivity contribution in [3.8, 4) is 0 Å². The highest BCUT2D eigenvalue weighted by Gasteiger charge is 2.41. The predicted octanol–water partition coefficient (Wildman–Crippen LogP) is 7.92. The summed E-state index contributed by atoms with van der Waals surface area (Å²) in [7, 11) is 0. The van der Waals surface area contributed by atoms with Gasteiger partial charge in [0.25, 0.3) is 0 Å². The van der Waals surface area contributed by atoms with Crippen LogP contribution in [0.25, 0.3) is 0 Å². The number of carbonyl (C=O) groups is 3. The van der Waals surface area contributed by atoms with E-state index in [1.54, 1.807) is 20.8 Å². The summed E-state index contributed by atoms with van der Waals surface area (Å²) < 4.78 is 10.2. The fraction of sp³-hybridized carbons (Fsp3) is 0.479. The van der Waals surface area contributed by atoms with Crippen LogP contribution in [-0.2, 0) is 19.1 Å². The Hall–Kier alpha value is -4.45. The van der Waals surface area contributed by atoms with Gasteiger partial charge in [-0.1, -0.05) is 142 Å². The van der Waals surface area contributed by atoms with Gasteiger partial charge < -0.3 is 35.0 Å². The molecule has 0 aliphatic heterocycles. The average molecular weight is 803 g/mol. The summed E-state index contributed by atoms with van der Waals surface area (Å²) in [6.07, 6.45) is 19.0. The van der Waals surface area contributed by atoms with Gasteiger partial charge in [0.1, 0.15) is 31.0 Å². The Balaban J connectivity index is 1.95. The first kappa shape index (κ1) is 49.7. The number of carbonyl (C=O) groups excluding carboxylic acids is 3. The Bertz CT molecular complexity index is 1840. The highest BCUT2D eigenvalue weighted by atomic mass is 16.7. The van der Waals surface area contributed by atoms with Crippen LogP contribution in [0.2, 0.25) is 0 Å². The summed E-state index contributed by atoms with van der Waals surface area (Å²) in [4.78, 5) is 37.8. The first-order chi connectivity index (χ1) is 27.0. The second-order valence-corrected chi connectivity index (χ2v) is 16.6. The van der Waals surface area contributed by atoms with Gasteiger partial charge in [-0.2, -0.15) is 0 Å². The van der Waals surface area contributed by atoms with Crippen LogP contribution in [-0.4, -0.2) is 86.5 Å². The van der Waals surface area contributed by atoms with Crippen molar-refractivity contribution in [3.63, 3.8) is 0 Å². The molecule has 318 valence electrons. The molecule has 2 aliphatic rings. The van der Waals surface area contributed by atoms with Crippen LogP contribution in [0.5, 0.6) is 0 Å². The molecular formula is C48H66O10. The molecule has 0 fully saturated rings. The normalized spacial score (nSPS) is 23.6. The van der Waals surface area contributed by atoms with E-state index in [2.05, 4.69) is 0 Å². The Morgan fingerprint density at radius 3 is 1.57 bits per heavy atom. The maximum Gasteiger partial charge on any atom is 0.509 e. The van der Waals surface area contributed by atoms with Gasteiger partial charge in [0.2, 0.25) is 0 Å². The monoisotopic (exact) mass is 802 g/mol. The Morgan fingerprint density at radius 1 is 0.672 bits per heavy atom. The van der Waals surface area contributed by atoms with E-state index in [1.807, 2.05) is 140 Å². The van der Waals surface area contributed by atoms with E-state index in [-0.39, 0.29) is 29.8 Å². The molecule has 0 aromatic heterocycles. The second kappa shape index (κ2) is 22.6. The van der Waals surface area contributed by atoms with Gasteiger partial charge in [-0.25, -0.2) is 4.79 Å². The zero-order valence-electron chi connectivity index (χ0n) is 36.2. The van der Waals surface area contributed by atoms with Gasteiger partial charge in [-0.15, -0.1) is 0 Å². The van der Waals surface area contributed by atoms with Crippen molar-refractivity contribution in [2.45, 2.75) is 132 Å². The van der Waals surface area contributed by atoms with Crippen LogP contribution < -0.4 is 0 Å². The van der Waals surface area contributed by atoms with E-state index < -0.39 is 54.8 Å². The highest BCUT2D eigenvalue weighted by Crippen LogP contribution is 2.41. The van der Waals surface area contributed by atoms with Crippen LogP contribution in [0.4, 0.5) is 4.79 Å². The van der Waals surface area contributed by atoms with E-state index >= 15 is 0 Å². The lowest BCUT2D eigenvalue weighted by molar-refractivity contribution is -0.131. The summed E-state index contributed by atoms with van der Waals surface area (Å²) in [5.74, 6) is -0.556. The number of hydrogen-bond donors (Lipinski definition) is 5. The van der Waals surface area contributed by atoms with Gasteiger partial charge in [0, 0.05) is 6.42 Å². The molecule has 2 aliphatic carbocycles. The molecule has 0 saturated carbocycles. The number of rotatable bonds is 17. The van der Waals surface area contributed by atoms with Gasteiger partial charge in [0.05, 0.1) is 6.10 Å². The molecule has 5 N–H and O–H groups in total. The predicted molar refractivity (Wildman–Crippen MR) is 229 cm³/mol. The molecule has 0 bridgehead atoms. The van der Waals surface area contributed by atoms with Crippen LogP contribution >= 0.6 is 0 Å². The fourth-order valence-corrected chi connectivity index (χ4v) is 6.79. The summed E-state index contributed by atoms with van der Waals surface area (Å²) in [6, 6.07) is 0. The van der Waals surface area contributed by atoms with Crippen LogP contribution in [0.1, 0.15) is 95.4 Å². The fourth-order valence-electron chi connectivity index (χ4n) is 6.79. The van der Waals surface area contributed by atoms with Gasteiger partial charge in [-0.3, -0.25) is 9.59 Å². The van der Waals surface area contributed by atoms with Gasteiger partial charge in [0.15, 0.2) is 17.7 Å². The first-order valence-corrected chi connectivity index (χ1v) is 19.8. The number of ether oxygens (including phenoxy) is 2. The van der Waals surface area contributed by atoms with Gasteiger partial charge in [-0.05, 0) is 87.5 Å². The highest BCUT2D eigenvalue weighted by molar-refractivity contribution is 6.01. The maximum atomic E-state index is 13.2. The van der Waals surface area contributed by atoms with Crippen molar-refractivity contribution in [1.82, 2.24) is 0 Å². The van der Waals surface area contributed by atoms with E-state index in [4.69, 9.17) is 9.47 Å². The van der Waals surface area contributed by atoms with Crippen LogP contribution in [0.3, 0.4) is 0 Å². The molecular weight excluding hydrogens is 737 g/mol. The third-order valence-electron chi connectivity index (χ3n) is 10.5. The molecule has 10 heteroatoms. The lowest BCUT2D eigenvalue weighted by Gasteiger charge is -2.36. The minimum absolute atomic E-state index is 0.151. The van der Waals surface area contributed by atoms with E-state index in [0.29, 0.717) is 17.6 Å². The molecule has 58 heavy (non-hydrogen) atoms. The number of hydrogen-bond acceptors (Lipinski definition) is 10. The standard InChI is InChI=1S/C48H66O10/c1-12-38(49)44(54)45(55)40(51)29-57-46(56)58-41-28-48(10,11)37(35(7)43(41)53)26-24-33(5)22-16-20-31(3)18-14-13-17-30(2)19-15-21-32(4)23-25-36-34(6)42(52)39(50)27-47(36,8)9/h13-26,38-41,44-45,49-51,54-55H,12,27-29H2,1-11H3/b14-13+,19-15+,20-16+,25-23+,26-24+,30-17+,31-18+,32-21+,33-22+. The van der Waals surface area contributed by atoms with Crippen molar-refractivity contribution in [2.75, 3.05) is 6.61 Å². The topological polar surface area (TPSA) is 171 Å². The van der Waals surface area contributed by atoms with E-state index in [9.17, 15) is 39.9 Å². The van der Waals surface area contributed by atoms with Crippen molar-refractivity contribution in [2.24, 2.45) is 10.8 Å². The molecule has 0 radical (unpaired) electrons. The summed E-state index contributed by atoms with van der Waals surface area (Å²) in [5.41, 5.74) is 6.21. The summed E-state index contributed by atoms with van der Waals surface area (Å²) in [6.45, 7) is 20.4. The molecule has 6 atom stereocenters. The summed E-state index contributed by atoms with van der Waals surface area (Å²) in [5, 5.41) is 49.7. The number of allylic oxidation sites excluding steroid dienone is 20. The lowest BCUT2D eigenvalue weighted by Crippen LogP contribution is -2.46. The Kier molecular flexibility index (Phi) is 19.4. The van der Waals surface area contributed by atoms with Gasteiger partial charge >= 0.3 is 6.16 Å². The smallest absolute Gasteiger partial charge is 0.431 e. The van der Waals surface area contributed by atoms with E-state index in [1.165, 1.54) is 0 Å². The summed E-state index contributed by atoms with van der Waals surface area (Å²) >= 11 is 0. The van der Waals surface area contributed by atoms with Crippen LogP contribution in [0.15, 0.2) is 130 Å². The van der Waals surface area contributed by atoms with E-state index in [0.717, 1.165) is 33.4 Å². The van der Waals surface area contributed by atoms with Crippen molar-refractivity contribution < 1.29 is 49.4 Å². The van der Waals surface area contributed by atoms with Crippen molar-refractivity contribution >= 4 is 17.7 Å². The molecule has 0 heterocycles. The molecule has 2 rings (SSSR count). The number of Topliss-reactive ketones (excluding diaryl/α,β-unsaturated/α-hetero) is 2. The van der Waals surface area contributed by atoms with Crippen molar-refractivity contribution in [1.29, 1.82) is 0 Å².